The number of benzene rings is 1. The number of carbonyl (C=O) groups is 1. The first-order chi connectivity index (χ1) is 14.1. The monoisotopic (exact) mass is 397 g/mol. The summed E-state index contributed by atoms with van der Waals surface area (Å²) in [6.45, 7) is 5.32. The van der Waals surface area contributed by atoms with E-state index in [1.807, 2.05) is 38.1 Å². The zero-order valence-electron chi connectivity index (χ0n) is 17.3. The highest BCUT2D eigenvalue weighted by Gasteiger charge is 2.15. The Hall–Kier alpha value is -2.83. The van der Waals surface area contributed by atoms with Crippen molar-refractivity contribution >= 4 is 11.9 Å². The normalized spacial score (nSPS) is 15.2. The van der Waals surface area contributed by atoms with Crippen molar-refractivity contribution in [2.75, 3.05) is 13.1 Å². The molecule has 1 aliphatic carbocycles. The third kappa shape index (κ3) is 6.62. The van der Waals surface area contributed by atoms with Crippen LogP contribution in [-0.2, 0) is 11.3 Å². The number of aromatic nitrogens is 1. The van der Waals surface area contributed by atoms with Gasteiger partial charge in [0.25, 0.3) is 0 Å². The largest absolute Gasteiger partial charge is 0.444 e. The van der Waals surface area contributed by atoms with Crippen LogP contribution in [0.2, 0.25) is 0 Å². The van der Waals surface area contributed by atoms with Crippen LogP contribution in [0.25, 0.3) is 11.5 Å². The molecule has 3 N–H and O–H groups in total. The first-order valence-corrected chi connectivity index (χ1v) is 10.5. The summed E-state index contributed by atoms with van der Waals surface area (Å²) in [5.41, 5.74) is 2.87. The molecule has 156 valence electrons. The molecule has 29 heavy (non-hydrogen) atoms. The molecule has 1 fully saturated rings. The van der Waals surface area contributed by atoms with Gasteiger partial charge in [-0.05, 0) is 38.8 Å². The minimum absolute atomic E-state index is 0.00518. The molecule has 7 nitrogen and oxygen atoms in total. The number of nitrogens with one attached hydrogen (secondary N) is 3. The summed E-state index contributed by atoms with van der Waals surface area (Å²) in [6.07, 6.45) is 7.45. The summed E-state index contributed by atoms with van der Waals surface area (Å²) in [7, 11) is 0. The highest BCUT2D eigenvalue weighted by Crippen LogP contribution is 2.19. The van der Waals surface area contributed by atoms with Gasteiger partial charge in [-0.15, -0.1) is 0 Å². The quantitative estimate of drug-likeness (QED) is 0.493. The summed E-state index contributed by atoms with van der Waals surface area (Å²) in [4.78, 5) is 21.2. The maximum atomic E-state index is 12.2. The molecule has 3 rings (SSSR count). The van der Waals surface area contributed by atoms with Crippen LogP contribution in [0.4, 0.5) is 0 Å². The Bertz CT molecular complexity index is 807. The molecule has 0 saturated heterocycles. The van der Waals surface area contributed by atoms with E-state index in [0.717, 1.165) is 24.1 Å². The van der Waals surface area contributed by atoms with Crippen LogP contribution in [-0.4, -0.2) is 36.0 Å². The fraction of sp³-hybridized carbons (Fsp3) is 0.500. The number of aliphatic imine (C=N–C) groups is 1. The molecule has 2 aromatic rings. The van der Waals surface area contributed by atoms with Gasteiger partial charge in [-0.2, -0.15) is 0 Å². The van der Waals surface area contributed by atoms with Gasteiger partial charge in [0.1, 0.15) is 12.0 Å². The summed E-state index contributed by atoms with van der Waals surface area (Å²) in [5, 5.41) is 9.35. The summed E-state index contributed by atoms with van der Waals surface area (Å²) < 4.78 is 5.58. The lowest BCUT2D eigenvalue weighted by Crippen LogP contribution is -2.46. The Morgan fingerprint density at radius 2 is 1.93 bits per heavy atom. The molecule has 0 radical (unpaired) electrons. The Labute approximate surface area is 172 Å². The molecule has 1 heterocycles. The van der Waals surface area contributed by atoms with Crippen molar-refractivity contribution in [2.24, 2.45) is 4.99 Å². The van der Waals surface area contributed by atoms with Crippen molar-refractivity contribution in [1.29, 1.82) is 0 Å². The first-order valence-electron chi connectivity index (χ1n) is 10.5. The van der Waals surface area contributed by atoms with Crippen LogP contribution in [0.3, 0.4) is 0 Å². The predicted octanol–water partition coefficient (Wildman–Crippen LogP) is 3.15. The molecule has 1 aliphatic rings. The van der Waals surface area contributed by atoms with E-state index in [1.54, 1.807) is 6.26 Å². The molecule has 1 saturated carbocycles. The van der Waals surface area contributed by atoms with Gasteiger partial charge < -0.3 is 20.4 Å². The van der Waals surface area contributed by atoms with E-state index in [0.29, 0.717) is 31.0 Å². The Morgan fingerprint density at radius 3 is 2.66 bits per heavy atom. The van der Waals surface area contributed by atoms with Crippen molar-refractivity contribution < 1.29 is 9.21 Å². The second-order valence-corrected chi connectivity index (χ2v) is 7.46. The predicted molar refractivity (Wildman–Crippen MR) is 115 cm³/mol. The lowest BCUT2D eigenvalue weighted by atomic mass is 9.95. The van der Waals surface area contributed by atoms with Gasteiger partial charge in [-0.3, -0.25) is 4.79 Å². The molecule has 0 unspecified atom stereocenters. The topological polar surface area (TPSA) is 91.6 Å². The smallest absolute Gasteiger partial charge is 0.239 e. The number of oxazole rings is 1. The van der Waals surface area contributed by atoms with Gasteiger partial charge in [-0.1, -0.05) is 37.0 Å². The van der Waals surface area contributed by atoms with Crippen LogP contribution in [0.1, 0.15) is 50.3 Å². The van der Waals surface area contributed by atoms with Crippen LogP contribution >= 0.6 is 0 Å². The number of amides is 1. The molecule has 0 spiro atoms. The fourth-order valence-electron chi connectivity index (χ4n) is 3.40. The van der Waals surface area contributed by atoms with Gasteiger partial charge >= 0.3 is 0 Å². The van der Waals surface area contributed by atoms with E-state index in [4.69, 9.17) is 4.42 Å². The molecule has 7 heteroatoms. The highest BCUT2D eigenvalue weighted by molar-refractivity contribution is 5.86. The zero-order valence-corrected chi connectivity index (χ0v) is 17.3. The summed E-state index contributed by atoms with van der Waals surface area (Å²) >= 11 is 0. The number of hydrogen-bond donors (Lipinski definition) is 3. The molecule has 1 aromatic heterocycles. The molecular weight excluding hydrogens is 366 g/mol. The second kappa shape index (κ2) is 10.6. The highest BCUT2D eigenvalue weighted by atomic mass is 16.3. The van der Waals surface area contributed by atoms with E-state index < -0.39 is 0 Å². The number of nitrogens with zero attached hydrogens (tertiary/aromatic N) is 2. The number of hydrogen-bond acceptors (Lipinski definition) is 4. The average Bonchev–Trinajstić information content (AvgIpc) is 3.20. The average molecular weight is 398 g/mol. The maximum absolute atomic E-state index is 12.2. The SMILES string of the molecule is CCNC(=NCc1coc(-c2ccc(C)cc2)n1)NCC(=O)NC1CCCCC1. The fourth-order valence-corrected chi connectivity index (χ4v) is 3.40. The van der Waals surface area contributed by atoms with Gasteiger partial charge in [-0.25, -0.2) is 9.98 Å². The van der Waals surface area contributed by atoms with Crippen molar-refractivity contribution in [1.82, 2.24) is 20.9 Å². The van der Waals surface area contributed by atoms with Crippen LogP contribution in [0.5, 0.6) is 0 Å². The zero-order chi connectivity index (χ0) is 20.5. The number of guanidine groups is 1. The van der Waals surface area contributed by atoms with E-state index in [1.165, 1.54) is 24.8 Å². The lowest BCUT2D eigenvalue weighted by Gasteiger charge is -2.23. The van der Waals surface area contributed by atoms with E-state index >= 15 is 0 Å². The van der Waals surface area contributed by atoms with Gasteiger partial charge in [0.05, 0.1) is 13.1 Å². The Balaban J connectivity index is 1.52. The Kier molecular flexibility index (Phi) is 7.67. The molecule has 0 atom stereocenters. The van der Waals surface area contributed by atoms with E-state index in [9.17, 15) is 4.79 Å². The lowest BCUT2D eigenvalue weighted by molar-refractivity contribution is -0.120. The number of rotatable bonds is 7. The van der Waals surface area contributed by atoms with E-state index in [2.05, 4.69) is 25.9 Å². The van der Waals surface area contributed by atoms with Crippen LogP contribution < -0.4 is 16.0 Å². The molecule has 1 aromatic carbocycles. The number of carbonyl (C=O) groups excluding carboxylic acids is 1. The number of aryl methyl sites for hydroxylation is 1. The van der Waals surface area contributed by atoms with Gasteiger partial charge in [0.15, 0.2) is 5.96 Å². The van der Waals surface area contributed by atoms with Crippen LogP contribution in [0, 0.1) is 6.92 Å². The van der Waals surface area contributed by atoms with Crippen molar-refractivity contribution in [3.05, 3.63) is 41.8 Å². The molecule has 0 aliphatic heterocycles. The second-order valence-electron chi connectivity index (χ2n) is 7.46. The minimum atomic E-state index is 0.00518. The first kappa shape index (κ1) is 20.9. The third-order valence-electron chi connectivity index (χ3n) is 4.98. The van der Waals surface area contributed by atoms with E-state index in [-0.39, 0.29) is 12.5 Å². The standard InChI is InChI=1S/C22H31N5O2/c1-3-23-22(25-14-20(28)26-18-7-5-4-6-8-18)24-13-19-15-29-21(27-19)17-11-9-16(2)10-12-17/h9-12,15,18H,3-8,13-14H2,1-2H3,(H,26,28)(H2,23,24,25). The summed E-state index contributed by atoms with van der Waals surface area (Å²) in [6, 6.07) is 8.36. The van der Waals surface area contributed by atoms with Crippen LogP contribution in [0.15, 0.2) is 39.9 Å². The van der Waals surface area contributed by atoms with Gasteiger partial charge in [0, 0.05) is 18.2 Å². The van der Waals surface area contributed by atoms with Crippen molar-refractivity contribution in [3.63, 3.8) is 0 Å². The van der Waals surface area contributed by atoms with Crippen molar-refractivity contribution in [2.45, 2.75) is 58.5 Å². The maximum Gasteiger partial charge on any atom is 0.239 e. The minimum Gasteiger partial charge on any atom is -0.444 e. The van der Waals surface area contributed by atoms with Gasteiger partial charge in [0.2, 0.25) is 11.8 Å². The van der Waals surface area contributed by atoms with Crippen molar-refractivity contribution in [3.8, 4) is 11.5 Å². The third-order valence-corrected chi connectivity index (χ3v) is 4.98. The molecular formula is C22H31N5O2. The Morgan fingerprint density at radius 1 is 1.17 bits per heavy atom. The molecule has 0 bridgehead atoms. The summed E-state index contributed by atoms with van der Waals surface area (Å²) in [5.74, 6) is 1.18. The molecule has 1 amide bonds.